The molecular weight excluding hydrogens is 435 g/mol. The maximum atomic E-state index is 14.9. The first kappa shape index (κ1) is 21.4. The predicted octanol–water partition coefficient (Wildman–Crippen LogP) is 2.41. The highest BCUT2D eigenvalue weighted by molar-refractivity contribution is 8.13. The number of amidine groups is 1. The van der Waals surface area contributed by atoms with Crippen molar-refractivity contribution in [3.63, 3.8) is 0 Å². The standard InChI is InChI=1S/C19H18F3N5O3S/c1-29-14-6-24-13(5-25-14)17(28)26-9-2-3-12(20)10(4-9)19-8-30-15(16(21)22)11(19)7-31-18(23)27-19/h2-6,11,15-16H,7-8H2,1H3,(H2,23,27)(H,26,28)/t11-,15+,19-/m1/s1. The smallest absolute Gasteiger partial charge is 0.275 e. The van der Waals surface area contributed by atoms with E-state index >= 15 is 0 Å². The molecule has 2 aromatic rings. The third kappa shape index (κ3) is 3.92. The number of anilines is 1. The van der Waals surface area contributed by atoms with Crippen LogP contribution in [0.1, 0.15) is 16.1 Å². The fourth-order valence-corrected chi connectivity index (χ4v) is 4.77. The van der Waals surface area contributed by atoms with Crippen LogP contribution in [0, 0.1) is 11.7 Å². The first-order valence-corrected chi connectivity index (χ1v) is 10.2. The lowest BCUT2D eigenvalue weighted by Crippen LogP contribution is -2.43. The van der Waals surface area contributed by atoms with Crippen molar-refractivity contribution in [3.05, 3.63) is 47.7 Å². The van der Waals surface area contributed by atoms with Crippen LogP contribution in [0.25, 0.3) is 0 Å². The molecular formula is C19H18F3N5O3S. The number of nitrogens with two attached hydrogens (primary N) is 1. The van der Waals surface area contributed by atoms with E-state index in [4.69, 9.17) is 15.2 Å². The van der Waals surface area contributed by atoms with Gasteiger partial charge in [-0.15, -0.1) is 0 Å². The number of benzene rings is 1. The van der Waals surface area contributed by atoms with Crippen LogP contribution >= 0.6 is 11.8 Å². The van der Waals surface area contributed by atoms with Crippen molar-refractivity contribution in [2.75, 3.05) is 24.8 Å². The van der Waals surface area contributed by atoms with Gasteiger partial charge in [0.05, 0.1) is 26.1 Å². The number of halogens is 3. The molecule has 1 saturated heterocycles. The van der Waals surface area contributed by atoms with Gasteiger partial charge in [-0.25, -0.2) is 28.1 Å². The molecule has 0 saturated carbocycles. The lowest BCUT2D eigenvalue weighted by Gasteiger charge is -2.35. The molecule has 0 spiro atoms. The molecule has 0 aliphatic carbocycles. The number of nitrogens with zero attached hydrogens (tertiary/aromatic N) is 3. The van der Waals surface area contributed by atoms with E-state index in [9.17, 15) is 18.0 Å². The summed E-state index contributed by atoms with van der Waals surface area (Å²) in [5, 5.41) is 2.77. The van der Waals surface area contributed by atoms with Gasteiger partial charge < -0.3 is 20.5 Å². The highest BCUT2D eigenvalue weighted by atomic mass is 32.2. The Morgan fingerprint density at radius 3 is 2.87 bits per heavy atom. The van der Waals surface area contributed by atoms with E-state index in [0.29, 0.717) is 0 Å². The maximum Gasteiger partial charge on any atom is 0.275 e. The van der Waals surface area contributed by atoms with Crippen LogP contribution in [0.3, 0.4) is 0 Å². The molecule has 1 fully saturated rings. The third-order valence-electron chi connectivity index (χ3n) is 5.24. The van der Waals surface area contributed by atoms with Crippen molar-refractivity contribution in [1.82, 2.24) is 9.97 Å². The van der Waals surface area contributed by atoms with E-state index in [1.54, 1.807) is 0 Å². The number of carbonyl (C=O) groups excluding carboxylic acids is 1. The fourth-order valence-electron chi connectivity index (χ4n) is 3.73. The Morgan fingerprint density at radius 1 is 1.39 bits per heavy atom. The Labute approximate surface area is 179 Å². The number of fused-ring (bicyclic) bond motifs is 1. The number of nitrogens with one attached hydrogen (secondary N) is 1. The molecule has 3 atom stereocenters. The number of alkyl halides is 2. The molecule has 3 heterocycles. The minimum Gasteiger partial charge on any atom is -0.480 e. The Kier molecular flexibility index (Phi) is 5.75. The first-order valence-electron chi connectivity index (χ1n) is 9.19. The zero-order chi connectivity index (χ0) is 22.2. The monoisotopic (exact) mass is 453 g/mol. The number of aromatic nitrogens is 2. The summed E-state index contributed by atoms with van der Waals surface area (Å²) >= 11 is 1.13. The predicted molar refractivity (Wildman–Crippen MR) is 108 cm³/mol. The number of amides is 1. The quantitative estimate of drug-likeness (QED) is 0.715. The lowest BCUT2D eigenvalue weighted by atomic mass is 9.78. The van der Waals surface area contributed by atoms with Crippen molar-refractivity contribution in [2.45, 2.75) is 18.1 Å². The third-order valence-corrected chi connectivity index (χ3v) is 6.15. The molecule has 1 aromatic carbocycles. The van der Waals surface area contributed by atoms with Crippen molar-refractivity contribution >= 4 is 28.5 Å². The van der Waals surface area contributed by atoms with Crippen LogP contribution in [-0.2, 0) is 10.3 Å². The first-order chi connectivity index (χ1) is 14.8. The largest absolute Gasteiger partial charge is 0.480 e. The number of aliphatic imine (C=N–C) groups is 1. The number of hydrogen-bond acceptors (Lipinski definition) is 8. The van der Waals surface area contributed by atoms with Gasteiger partial charge >= 0.3 is 0 Å². The molecule has 164 valence electrons. The SMILES string of the molecule is COc1cnc(C(=O)Nc2ccc(F)c([C@]34CO[C@H](C(F)F)[C@H]3CSC(N)=N4)c2)cn1. The summed E-state index contributed by atoms with van der Waals surface area (Å²) in [6, 6.07) is 3.85. The summed E-state index contributed by atoms with van der Waals surface area (Å²) in [6.07, 6.45) is -1.63. The van der Waals surface area contributed by atoms with E-state index in [2.05, 4.69) is 20.3 Å². The van der Waals surface area contributed by atoms with Gasteiger partial charge in [0, 0.05) is 22.9 Å². The van der Waals surface area contributed by atoms with Crippen molar-refractivity contribution < 1.29 is 27.4 Å². The van der Waals surface area contributed by atoms with Gasteiger partial charge in [0.15, 0.2) is 5.17 Å². The minimum absolute atomic E-state index is 0.0148. The highest BCUT2D eigenvalue weighted by Gasteiger charge is 2.56. The van der Waals surface area contributed by atoms with Crippen molar-refractivity contribution in [1.29, 1.82) is 0 Å². The summed E-state index contributed by atoms with van der Waals surface area (Å²) < 4.78 is 52.1. The van der Waals surface area contributed by atoms with Gasteiger partial charge in [0.1, 0.15) is 23.2 Å². The average Bonchev–Trinajstić information content (AvgIpc) is 3.14. The van der Waals surface area contributed by atoms with Gasteiger partial charge in [-0.05, 0) is 18.2 Å². The van der Waals surface area contributed by atoms with E-state index in [1.807, 2.05) is 0 Å². The number of thioether (sulfide) groups is 1. The highest BCUT2D eigenvalue weighted by Crippen LogP contribution is 2.49. The molecule has 0 bridgehead atoms. The second-order valence-electron chi connectivity index (χ2n) is 6.99. The van der Waals surface area contributed by atoms with E-state index in [0.717, 1.165) is 17.8 Å². The summed E-state index contributed by atoms with van der Waals surface area (Å²) in [5.74, 6) is -1.57. The molecule has 1 aromatic heterocycles. The molecule has 0 unspecified atom stereocenters. The maximum absolute atomic E-state index is 14.9. The average molecular weight is 453 g/mol. The molecule has 2 aliphatic rings. The van der Waals surface area contributed by atoms with Crippen molar-refractivity contribution in [2.24, 2.45) is 16.6 Å². The number of ether oxygens (including phenoxy) is 2. The molecule has 0 radical (unpaired) electrons. The Balaban J connectivity index is 1.67. The molecule has 2 aliphatic heterocycles. The Bertz CT molecular complexity index is 1020. The topological polar surface area (TPSA) is 112 Å². The second-order valence-corrected chi connectivity index (χ2v) is 8.03. The van der Waals surface area contributed by atoms with Gasteiger partial charge in [0.25, 0.3) is 12.3 Å². The number of methoxy groups -OCH3 is 1. The van der Waals surface area contributed by atoms with Crippen LogP contribution in [0.15, 0.2) is 35.6 Å². The number of hydrogen-bond donors (Lipinski definition) is 2. The number of rotatable bonds is 5. The van der Waals surface area contributed by atoms with Gasteiger partial charge in [-0.2, -0.15) is 0 Å². The lowest BCUT2D eigenvalue weighted by molar-refractivity contribution is -0.0359. The van der Waals surface area contributed by atoms with E-state index in [1.165, 1.54) is 31.6 Å². The van der Waals surface area contributed by atoms with Crippen LogP contribution in [-0.4, -0.2) is 53.0 Å². The molecule has 4 rings (SSSR count). The normalized spacial score (nSPS) is 25.1. The van der Waals surface area contributed by atoms with Crippen LogP contribution in [0.5, 0.6) is 5.88 Å². The zero-order valence-electron chi connectivity index (χ0n) is 16.2. The Hall–Kier alpha value is -2.86. The summed E-state index contributed by atoms with van der Waals surface area (Å²) in [7, 11) is 1.42. The van der Waals surface area contributed by atoms with Crippen LogP contribution in [0.2, 0.25) is 0 Å². The van der Waals surface area contributed by atoms with Gasteiger partial charge in [-0.1, -0.05) is 11.8 Å². The second kappa shape index (κ2) is 8.35. The zero-order valence-corrected chi connectivity index (χ0v) is 17.0. The van der Waals surface area contributed by atoms with E-state index in [-0.39, 0.29) is 40.4 Å². The molecule has 12 heteroatoms. The number of carbonyl (C=O) groups is 1. The molecule has 3 N–H and O–H groups in total. The summed E-state index contributed by atoms with van der Waals surface area (Å²) in [6.45, 7) is -0.244. The fraction of sp³-hybridized carbons (Fsp3) is 0.368. The molecule has 8 nitrogen and oxygen atoms in total. The van der Waals surface area contributed by atoms with E-state index < -0.39 is 35.7 Å². The minimum atomic E-state index is -2.75. The Morgan fingerprint density at radius 2 is 2.19 bits per heavy atom. The molecule has 1 amide bonds. The molecule has 31 heavy (non-hydrogen) atoms. The van der Waals surface area contributed by atoms with Gasteiger partial charge in [-0.3, -0.25) is 4.79 Å². The summed E-state index contributed by atoms with van der Waals surface area (Å²) in [4.78, 5) is 24.7. The van der Waals surface area contributed by atoms with Crippen LogP contribution in [0.4, 0.5) is 18.9 Å². The van der Waals surface area contributed by atoms with Gasteiger partial charge in [0.2, 0.25) is 5.88 Å². The summed E-state index contributed by atoms with van der Waals surface area (Å²) in [5.41, 5.74) is 4.73. The van der Waals surface area contributed by atoms with Crippen LogP contribution < -0.4 is 15.8 Å². The van der Waals surface area contributed by atoms with Crippen molar-refractivity contribution in [3.8, 4) is 5.88 Å².